The molecule has 1 amide bonds. The van der Waals surface area contributed by atoms with Gasteiger partial charge < -0.3 is 10.4 Å². The monoisotopic (exact) mass is 651 g/mol. The molecule has 1 aromatic rings. The summed E-state index contributed by atoms with van der Waals surface area (Å²) < 4.78 is 0. The molecule has 0 unspecified atom stereocenters. The Kier molecular flexibility index (Phi) is 9.92. The minimum absolute atomic E-state index is 0.0436. The van der Waals surface area contributed by atoms with Crippen LogP contribution in [0, 0.1) is 66.6 Å². The summed E-state index contributed by atoms with van der Waals surface area (Å²) in [5, 5.41) is 41.2. The number of Topliss-reactive ketones (excluding diaryl/α,β-unsaturated/α-hetero) is 1. The number of hydrogen-bond acceptors (Lipinski definition) is 9. The molecule has 4 aliphatic carbocycles. The van der Waals surface area contributed by atoms with Crippen molar-refractivity contribution in [2.24, 2.45) is 51.4 Å². The highest BCUT2D eigenvalue weighted by Gasteiger charge is 2.61. The van der Waals surface area contributed by atoms with E-state index in [1.807, 2.05) is 13.8 Å². The van der Waals surface area contributed by atoms with Crippen molar-refractivity contribution in [3.8, 4) is 0 Å². The number of carbonyl (C=O) groups excluding carboxylic acids is 2. The number of nitrogens with zero attached hydrogens (tertiary/aromatic N) is 3. The van der Waals surface area contributed by atoms with Crippen LogP contribution in [0.15, 0.2) is 34.9 Å². The highest BCUT2D eigenvalue weighted by Crippen LogP contribution is 2.66. The summed E-state index contributed by atoms with van der Waals surface area (Å²) in [5.41, 5.74) is 4.18. The van der Waals surface area contributed by atoms with Crippen LogP contribution in [0.25, 0.3) is 0 Å². The van der Waals surface area contributed by atoms with Gasteiger partial charge in [-0.1, -0.05) is 39.3 Å². The molecule has 3 saturated carbocycles. The number of hydrazone groups is 1. The number of anilines is 1. The zero-order valence-electron chi connectivity index (χ0n) is 28.2. The molecule has 0 bridgehead atoms. The molecule has 12 heteroatoms. The van der Waals surface area contributed by atoms with Gasteiger partial charge in [-0.2, -0.15) is 5.10 Å². The Morgan fingerprint density at radius 3 is 2.51 bits per heavy atom. The van der Waals surface area contributed by atoms with Crippen molar-refractivity contribution < 1.29 is 24.5 Å². The van der Waals surface area contributed by atoms with Gasteiger partial charge in [-0.05, 0) is 91.9 Å². The summed E-state index contributed by atoms with van der Waals surface area (Å²) in [6.07, 6.45) is 9.17. The van der Waals surface area contributed by atoms with Crippen LogP contribution < -0.4 is 10.7 Å². The lowest BCUT2D eigenvalue weighted by atomic mass is 9.47. The number of hydrogen-bond donors (Lipinski definition) is 3. The second-order valence-corrected chi connectivity index (χ2v) is 15.1. The van der Waals surface area contributed by atoms with E-state index >= 15 is 0 Å². The van der Waals surface area contributed by atoms with Gasteiger partial charge in [0.15, 0.2) is 0 Å². The SMILES string of the molecule is CC(=O)NC[C@H](C)CCC(=O)[C@@H](C)[C@@H]1/C(=N/Nc2ccc([N+](=O)[O-])cc2[N+](=O)[O-])C[C@@H]2[C@H]3CC=C4C[C@@H](O)CC[C@]4(C)[C@@H]3CC[C@@]21C. The van der Waals surface area contributed by atoms with Crippen molar-refractivity contribution in [3.63, 3.8) is 0 Å². The molecule has 3 fully saturated rings. The lowest BCUT2D eigenvalue weighted by Gasteiger charge is -2.58. The van der Waals surface area contributed by atoms with Gasteiger partial charge in [0.2, 0.25) is 5.91 Å². The standard InChI is InChI=1S/C35H49N5O7/c1-20(19-36-22(3)41)6-11-32(43)21(2)33-30(38-37-29-10-8-24(39(44)45)17-31(29)40(46)47)18-28-26-9-7-23-16-25(42)12-14-34(23,4)27(26)13-15-35(28,33)5/h7-8,10,17,20-21,25-28,33,37,42H,6,9,11-16,18-19H2,1-5H3,(H,36,41)/b38-30+/t20-,21-,25+,26+,27-,28-,33-,34+,35+/m1/s1. The van der Waals surface area contributed by atoms with Crippen LogP contribution in [0.3, 0.4) is 0 Å². The third kappa shape index (κ3) is 6.71. The topological polar surface area (TPSA) is 177 Å². The molecule has 5 rings (SSSR count). The molecule has 1 aromatic carbocycles. The number of rotatable bonds is 11. The number of aliphatic hydroxyl groups is 1. The molecule has 47 heavy (non-hydrogen) atoms. The molecule has 3 N–H and O–H groups in total. The normalized spacial score (nSPS) is 33.4. The number of amides is 1. The second-order valence-electron chi connectivity index (χ2n) is 15.1. The minimum atomic E-state index is -0.667. The fourth-order valence-electron chi connectivity index (χ4n) is 9.70. The number of allylic oxidation sites excluding steroid dienone is 1. The van der Waals surface area contributed by atoms with E-state index in [0.29, 0.717) is 37.6 Å². The number of benzene rings is 1. The molecule has 9 atom stereocenters. The van der Waals surface area contributed by atoms with Crippen molar-refractivity contribution in [2.45, 2.75) is 98.5 Å². The zero-order chi connectivity index (χ0) is 34.3. The van der Waals surface area contributed by atoms with E-state index in [1.54, 1.807) is 0 Å². The molecule has 0 heterocycles. The lowest BCUT2D eigenvalue weighted by molar-refractivity contribution is -0.393. The van der Waals surface area contributed by atoms with Gasteiger partial charge in [-0.25, -0.2) is 0 Å². The molecule has 4 aliphatic rings. The number of fused-ring (bicyclic) bond motifs is 5. The smallest absolute Gasteiger partial charge is 0.301 e. The fraction of sp³-hybridized carbons (Fsp3) is 0.686. The van der Waals surface area contributed by atoms with Crippen molar-refractivity contribution in [1.82, 2.24) is 5.32 Å². The van der Waals surface area contributed by atoms with Crippen LogP contribution in [0.4, 0.5) is 17.1 Å². The minimum Gasteiger partial charge on any atom is -0.393 e. The molecule has 0 saturated heterocycles. The predicted octanol–water partition coefficient (Wildman–Crippen LogP) is 6.58. The van der Waals surface area contributed by atoms with Crippen LogP contribution in [-0.4, -0.2) is 45.0 Å². The average molecular weight is 652 g/mol. The van der Waals surface area contributed by atoms with Crippen LogP contribution in [0.5, 0.6) is 0 Å². The number of nitro groups is 2. The summed E-state index contributed by atoms with van der Waals surface area (Å²) >= 11 is 0. The Morgan fingerprint density at radius 1 is 1.09 bits per heavy atom. The van der Waals surface area contributed by atoms with Crippen LogP contribution in [0.1, 0.15) is 92.4 Å². The summed E-state index contributed by atoms with van der Waals surface area (Å²) in [7, 11) is 0. The molecule has 0 spiro atoms. The van der Waals surface area contributed by atoms with E-state index in [-0.39, 0.29) is 63.7 Å². The van der Waals surface area contributed by atoms with E-state index in [0.717, 1.165) is 50.3 Å². The van der Waals surface area contributed by atoms with Gasteiger partial charge in [-0.3, -0.25) is 35.2 Å². The molecule has 0 radical (unpaired) electrons. The zero-order valence-corrected chi connectivity index (χ0v) is 28.2. The number of nitrogens with one attached hydrogen (secondary N) is 2. The number of nitro benzene ring substituents is 2. The van der Waals surface area contributed by atoms with Crippen molar-refractivity contribution in [1.29, 1.82) is 0 Å². The first-order valence-electron chi connectivity index (χ1n) is 17.1. The molecule has 12 nitrogen and oxygen atoms in total. The predicted molar refractivity (Wildman–Crippen MR) is 179 cm³/mol. The Hall–Kier alpha value is -3.67. The van der Waals surface area contributed by atoms with Crippen LogP contribution in [0.2, 0.25) is 0 Å². The number of aliphatic hydroxyl groups excluding tert-OH is 1. The first kappa shape index (κ1) is 34.7. The van der Waals surface area contributed by atoms with E-state index < -0.39 is 15.5 Å². The average Bonchev–Trinajstić information content (AvgIpc) is 3.33. The summed E-state index contributed by atoms with van der Waals surface area (Å²) in [6.45, 7) is 10.7. The Labute approximate surface area is 276 Å². The first-order chi connectivity index (χ1) is 22.2. The molecular formula is C35H49N5O7. The van der Waals surface area contributed by atoms with Crippen molar-refractivity contribution >= 4 is 34.5 Å². The fourth-order valence-corrected chi connectivity index (χ4v) is 9.70. The van der Waals surface area contributed by atoms with Crippen LogP contribution in [-0.2, 0) is 9.59 Å². The van der Waals surface area contributed by atoms with Gasteiger partial charge in [0, 0.05) is 43.5 Å². The third-order valence-electron chi connectivity index (χ3n) is 12.3. The Morgan fingerprint density at radius 2 is 1.83 bits per heavy atom. The molecule has 0 aromatic heterocycles. The van der Waals surface area contributed by atoms with E-state index in [2.05, 4.69) is 30.7 Å². The van der Waals surface area contributed by atoms with Gasteiger partial charge in [0.25, 0.3) is 5.69 Å². The maximum absolute atomic E-state index is 13.9. The highest BCUT2D eigenvalue weighted by molar-refractivity contribution is 5.96. The second kappa shape index (κ2) is 13.4. The summed E-state index contributed by atoms with van der Waals surface area (Å²) in [4.78, 5) is 47.0. The lowest BCUT2D eigenvalue weighted by Crippen LogP contribution is -2.51. The number of non-ortho nitro benzene ring substituents is 1. The van der Waals surface area contributed by atoms with Crippen molar-refractivity contribution in [2.75, 3.05) is 12.0 Å². The number of ketones is 1. The molecular weight excluding hydrogens is 602 g/mol. The van der Waals surface area contributed by atoms with E-state index in [1.165, 1.54) is 24.6 Å². The first-order valence-corrected chi connectivity index (χ1v) is 17.1. The largest absolute Gasteiger partial charge is 0.393 e. The van der Waals surface area contributed by atoms with Crippen LogP contribution >= 0.6 is 0 Å². The molecule has 256 valence electrons. The quantitative estimate of drug-likeness (QED) is 0.136. The van der Waals surface area contributed by atoms with E-state index in [4.69, 9.17) is 5.10 Å². The third-order valence-corrected chi connectivity index (χ3v) is 12.3. The summed E-state index contributed by atoms with van der Waals surface area (Å²) in [5.74, 6) is 0.795. The maximum Gasteiger partial charge on any atom is 0.301 e. The van der Waals surface area contributed by atoms with Gasteiger partial charge in [-0.15, -0.1) is 0 Å². The Balaban J connectivity index is 1.46. The van der Waals surface area contributed by atoms with Gasteiger partial charge in [0.05, 0.1) is 22.0 Å². The highest BCUT2D eigenvalue weighted by atomic mass is 16.6. The maximum atomic E-state index is 13.9. The summed E-state index contributed by atoms with van der Waals surface area (Å²) in [6, 6.07) is 3.46. The van der Waals surface area contributed by atoms with Crippen molar-refractivity contribution in [3.05, 3.63) is 50.1 Å². The number of carbonyl (C=O) groups is 2. The molecule has 0 aliphatic heterocycles. The van der Waals surface area contributed by atoms with E-state index in [9.17, 15) is 34.9 Å². The van der Waals surface area contributed by atoms with Gasteiger partial charge in [0.1, 0.15) is 11.5 Å². The Bertz CT molecular complexity index is 1490. The van der Waals surface area contributed by atoms with Gasteiger partial charge >= 0.3 is 5.69 Å².